The molecule has 0 atom stereocenters. The summed E-state index contributed by atoms with van der Waals surface area (Å²) in [5.74, 6) is 0.345. The molecular formula is C25H29N3O. The van der Waals surface area contributed by atoms with Gasteiger partial charge in [0.2, 0.25) is 5.91 Å². The lowest BCUT2D eigenvalue weighted by molar-refractivity contribution is -0.111. The van der Waals surface area contributed by atoms with E-state index in [4.69, 9.17) is 0 Å². The SMILES string of the molecule is Cc1ccc(Cn2nc(C)c(NC(=O)/C=C/c3ccc(C(C)C)cc3)c2C)cc1. The number of carbonyl (C=O) groups is 1. The van der Waals surface area contributed by atoms with Crippen molar-refractivity contribution in [1.29, 1.82) is 0 Å². The second-order valence-electron chi connectivity index (χ2n) is 7.83. The van der Waals surface area contributed by atoms with Crippen molar-refractivity contribution in [3.63, 3.8) is 0 Å². The van der Waals surface area contributed by atoms with Crippen molar-refractivity contribution in [3.05, 3.63) is 88.2 Å². The van der Waals surface area contributed by atoms with Crippen LogP contribution >= 0.6 is 0 Å². The zero-order valence-corrected chi connectivity index (χ0v) is 17.9. The Morgan fingerprint density at radius 2 is 1.69 bits per heavy atom. The molecule has 0 bridgehead atoms. The number of amides is 1. The van der Waals surface area contributed by atoms with Gasteiger partial charge in [-0.3, -0.25) is 9.48 Å². The predicted octanol–water partition coefficient (Wildman–Crippen LogP) is 5.63. The molecule has 4 nitrogen and oxygen atoms in total. The van der Waals surface area contributed by atoms with Crippen LogP contribution in [-0.4, -0.2) is 15.7 Å². The van der Waals surface area contributed by atoms with E-state index < -0.39 is 0 Å². The van der Waals surface area contributed by atoms with Crippen LogP contribution in [0, 0.1) is 20.8 Å². The largest absolute Gasteiger partial charge is 0.319 e. The van der Waals surface area contributed by atoms with Gasteiger partial charge in [-0.25, -0.2) is 0 Å². The van der Waals surface area contributed by atoms with Crippen LogP contribution in [0.2, 0.25) is 0 Å². The summed E-state index contributed by atoms with van der Waals surface area (Å²) >= 11 is 0. The number of hydrogen-bond acceptors (Lipinski definition) is 2. The number of nitrogens with zero attached hydrogens (tertiary/aromatic N) is 2. The van der Waals surface area contributed by atoms with Crippen LogP contribution in [-0.2, 0) is 11.3 Å². The van der Waals surface area contributed by atoms with E-state index in [-0.39, 0.29) is 5.91 Å². The average molecular weight is 388 g/mol. The number of aromatic nitrogens is 2. The normalized spacial score (nSPS) is 11.4. The van der Waals surface area contributed by atoms with Gasteiger partial charge in [-0.05, 0) is 49.5 Å². The molecule has 150 valence electrons. The first-order chi connectivity index (χ1) is 13.8. The van der Waals surface area contributed by atoms with Gasteiger partial charge in [0.15, 0.2) is 0 Å². The molecule has 1 aromatic heterocycles. The standard InChI is InChI=1S/C25H29N3O/c1-17(2)23-13-10-21(11-14-23)12-15-24(29)26-25-19(4)27-28(20(25)5)16-22-8-6-18(3)7-9-22/h6-15,17H,16H2,1-5H3,(H,26,29)/b15-12+. The maximum Gasteiger partial charge on any atom is 0.248 e. The van der Waals surface area contributed by atoms with Crippen LogP contribution in [0.3, 0.4) is 0 Å². The number of benzene rings is 2. The van der Waals surface area contributed by atoms with Crippen molar-refractivity contribution >= 4 is 17.7 Å². The van der Waals surface area contributed by atoms with Gasteiger partial charge in [-0.1, -0.05) is 67.9 Å². The molecule has 0 aliphatic heterocycles. The van der Waals surface area contributed by atoms with Crippen LogP contribution in [0.1, 0.15) is 53.4 Å². The molecule has 0 aliphatic rings. The Hall–Kier alpha value is -3.14. The minimum absolute atomic E-state index is 0.154. The molecule has 29 heavy (non-hydrogen) atoms. The molecule has 0 fully saturated rings. The fourth-order valence-corrected chi connectivity index (χ4v) is 3.23. The zero-order chi connectivity index (χ0) is 21.0. The van der Waals surface area contributed by atoms with E-state index in [2.05, 4.69) is 67.6 Å². The molecule has 1 N–H and O–H groups in total. The molecule has 1 heterocycles. The summed E-state index contributed by atoms with van der Waals surface area (Å²) in [5.41, 5.74) is 7.27. The highest BCUT2D eigenvalue weighted by Gasteiger charge is 2.13. The lowest BCUT2D eigenvalue weighted by Crippen LogP contribution is -2.10. The van der Waals surface area contributed by atoms with Gasteiger partial charge < -0.3 is 5.32 Å². The summed E-state index contributed by atoms with van der Waals surface area (Å²) in [6.45, 7) is 11.0. The van der Waals surface area contributed by atoms with Gasteiger partial charge in [0.1, 0.15) is 0 Å². The summed E-state index contributed by atoms with van der Waals surface area (Å²) in [4.78, 5) is 12.4. The van der Waals surface area contributed by atoms with Crippen molar-refractivity contribution in [3.8, 4) is 0 Å². The van der Waals surface area contributed by atoms with Crippen LogP contribution < -0.4 is 5.32 Å². The quantitative estimate of drug-likeness (QED) is 0.557. The van der Waals surface area contributed by atoms with E-state index in [1.165, 1.54) is 16.7 Å². The highest BCUT2D eigenvalue weighted by Crippen LogP contribution is 2.21. The number of carbonyl (C=O) groups excluding carboxylic acids is 1. The Bertz CT molecular complexity index is 1010. The summed E-state index contributed by atoms with van der Waals surface area (Å²) in [5, 5.41) is 7.59. The molecule has 3 aromatic rings. The van der Waals surface area contributed by atoms with Gasteiger partial charge in [0.25, 0.3) is 0 Å². The zero-order valence-electron chi connectivity index (χ0n) is 17.9. The van der Waals surface area contributed by atoms with Crippen molar-refractivity contribution in [2.24, 2.45) is 0 Å². The van der Waals surface area contributed by atoms with E-state index >= 15 is 0 Å². The maximum atomic E-state index is 12.4. The topological polar surface area (TPSA) is 46.9 Å². The lowest BCUT2D eigenvalue weighted by Gasteiger charge is -2.07. The first-order valence-corrected chi connectivity index (χ1v) is 10.0. The minimum atomic E-state index is -0.154. The second-order valence-corrected chi connectivity index (χ2v) is 7.83. The molecule has 0 aliphatic carbocycles. The molecule has 2 aromatic carbocycles. The summed E-state index contributed by atoms with van der Waals surface area (Å²) in [6, 6.07) is 16.7. The van der Waals surface area contributed by atoms with Gasteiger partial charge >= 0.3 is 0 Å². The van der Waals surface area contributed by atoms with E-state index in [0.717, 1.165) is 22.6 Å². The molecule has 0 spiro atoms. The molecule has 4 heteroatoms. The third kappa shape index (κ3) is 5.23. The Kier molecular flexibility index (Phi) is 6.32. The fourth-order valence-electron chi connectivity index (χ4n) is 3.23. The highest BCUT2D eigenvalue weighted by molar-refractivity contribution is 6.02. The van der Waals surface area contributed by atoms with E-state index in [1.54, 1.807) is 6.08 Å². The van der Waals surface area contributed by atoms with Crippen molar-refractivity contribution in [2.45, 2.75) is 47.1 Å². The van der Waals surface area contributed by atoms with E-state index in [1.807, 2.05) is 36.7 Å². The first-order valence-electron chi connectivity index (χ1n) is 10.0. The maximum absolute atomic E-state index is 12.4. The molecule has 3 rings (SSSR count). The number of hydrogen-bond donors (Lipinski definition) is 1. The molecule has 0 saturated carbocycles. The van der Waals surface area contributed by atoms with Gasteiger partial charge in [-0.2, -0.15) is 5.10 Å². The van der Waals surface area contributed by atoms with E-state index in [9.17, 15) is 4.79 Å². The highest BCUT2D eigenvalue weighted by atomic mass is 16.1. The summed E-state index contributed by atoms with van der Waals surface area (Å²) < 4.78 is 1.93. The Balaban J connectivity index is 1.68. The van der Waals surface area contributed by atoms with Crippen molar-refractivity contribution in [1.82, 2.24) is 9.78 Å². The van der Waals surface area contributed by atoms with Gasteiger partial charge in [0, 0.05) is 6.08 Å². The summed E-state index contributed by atoms with van der Waals surface area (Å²) in [6.07, 6.45) is 3.40. The minimum Gasteiger partial charge on any atom is -0.319 e. The molecule has 0 unspecified atom stereocenters. The van der Waals surface area contributed by atoms with Gasteiger partial charge in [-0.15, -0.1) is 0 Å². The Labute approximate surface area is 173 Å². The first kappa shape index (κ1) is 20.6. The summed E-state index contributed by atoms with van der Waals surface area (Å²) in [7, 11) is 0. The fraction of sp³-hybridized carbons (Fsp3) is 0.280. The Morgan fingerprint density at radius 3 is 2.31 bits per heavy atom. The van der Waals surface area contributed by atoms with Crippen molar-refractivity contribution < 1.29 is 4.79 Å². The number of aryl methyl sites for hydroxylation is 2. The van der Waals surface area contributed by atoms with Crippen molar-refractivity contribution in [2.75, 3.05) is 5.32 Å². The smallest absolute Gasteiger partial charge is 0.248 e. The van der Waals surface area contributed by atoms with Crippen LogP contribution in [0.5, 0.6) is 0 Å². The Morgan fingerprint density at radius 1 is 1.03 bits per heavy atom. The number of nitrogens with one attached hydrogen (secondary N) is 1. The molecular weight excluding hydrogens is 358 g/mol. The van der Waals surface area contributed by atoms with Crippen LogP contribution in [0.15, 0.2) is 54.6 Å². The molecule has 0 saturated heterocycles. The third-order valence-electron chi connectivity index (χ3n) is 5.11. The monoisotopic (exact) mass is 387 g/mol. The van der Waals surface area contributed by atoms with Crippen LogP contribution in [0.25, 0.3) is 6.08 Å². The van der Waals surface area contributed by atoms with Crippen LogP contribution in [0.4, 0.5) is 5.69 Å². The average Bonchev–Trinajstić information content (AvgIpc) is 2.96. The number of rotatable bonds is 6. The molecule has 0 radical (unpaired) electrons. The third-order valence-corrected chi connectivity index (χ3v) is 5.11. The molecule has 1 amide bonds. The number of anilines is 1. The predicted molar refractivity (Wildman–Crippen MR) is 120 cm³/mol. The van der Waals surface area contributed by atoms with Gasteiger partial charge in [0.05, 0.1) is 23.6 Å². The lowest BCUT2D eigenvalue weighted by atomic mass is 10.0. The van der Waals surface area contributed by atoms with E-state index in [0.29, 0.717) is 12.5 Å². The second kappa shape index (κ2) is 8.91.